The molecule has 14 heavy (non-hydrogen) atoms. The zero-order chi connectivity index (χ0) is 11.1. The van der Waals surface area contributed by atoms with Crippen LogP contribution in [0.1, 0.15) is 27.7 Å². The van der Waals surface area contributed by atoms with Crippen LogP contribution in [0.25, 0.3) is 0 Å². The van der Waals surface area contributed by atoms with E-state index in [-0.39, 0.29) is 17.9 Å². The van der Waals surface area contributed by atoms with Gasteiger partial charge in [0.15, 0.2) is 0 Å². The summed E-state index contributed by atoms with van der Waals surface area (Å²) < 4.78 is 0. The first-order valence-electron chi connectivity index (χ1n) is 4.86. The van der Waals surface area contributed by atoms with Crippen LogP contribution in [0.4, 0.5) is 0 Å². The normalized spacial score (nSPS) is 14.4. The Morgan fingerprint density at radius 1 is 1.43 bits per heavy atom. The third-order valence-electron chi connectivity index (χ3n) is 1.92. The third kappa shape index (κ3) is 5.72. The summed E-state index contributed by atoms with van der Waals surface area (Å²) >= 11 is 0. The smallest absolute Gasteiger partial charge is 0.237 e. The van der Waals surface area contributed by atoms with Gasteiger partial charge in [-0.15, -0.1) is 0 Å². The Hall–Kier alpha value is -0.870. The second-order valence-electron chi connectivity index (χ2n) is 3.85. The third-order valence-corrected chi connectivity index (χ3v) is 1.92. The number of nitrogens with two attached hydrogens (primary N) is 1. The lowest BCUT2D eigenvalue weighted by molar-refractivity contribution is -0.124. The molecule has 0 bridgehead atoms. The van der Waals surface area contributed by atoms with Crippen LogP contribution >= 0.6 is 0 Å². The molecule has 82 valence electrons. The second kappa shape index (κ2) is 6.56. The van der Waals surface area contributed by atoms with E-state index >= 15 is 0 Å². The topological polar surface area (TPSA) is 67.2 Å². The Bertz CT molecular complexity index is 209. The first-order chi connectivity index (χ1) is 6.47. The van der Waals surface area contributed by atoms with E-state index in [4.69, 9.17) is 5.84 Å². The average molecular weight is 199 g/mol. The fourth-order valence-electron chi connectivity index (χ4n) is 1.16. The zero-order valence-electron chi connectivity index (χ0n) is 9.42. The van der Waals surface area contributed by atoms with Crippen molar-refractivity contribution in [3.63, 3.8) is 0 Å². The standard InChI is InChI=1S/C10H21N3O/c1-7(2)5-9(4)12-6-8(3)10(14)13-11/h5,8-9,12H,6,11H2,1-4H3,(H,13,14). The number of carbonyl (C=O) groups excluding carboxylic acids is 1. The number of hydrogen-bond donors (Lipinski definition) is 3. The summed E-state index contributed by atoms with van der Waals surface area (Å²) in [5, 5.41) is 3.24. The number of amides is 1. The first kappa shape index (κ1) is 13.1. The van der Waals surface area contributed by atoms with Crippen molar-refractivity contribution >= 4 is 5.91 Å². The van der Waals surface area contributed by atoms with E-state index in [2.05, 4.69) is 23.7 Å². The number of rotatable bonds is 5. The molecule has 4 heteroatoms. The molecule has 0 rings (SSSR count). The van der Waals surface area contributed by atoms with E-state index in [1.165, 1.54) is 5.57 Å². The molecule has 0 saturated carbocycles. The molecule has 0 heterocycles. The molecule has 0 radical (unpaired) electrons. The summed E-state index contributed by atoms with van der Waals surface area (Å²) in [6.07, 6.45) is 2.12. The highest BCUT2D eigenvalue weighted by molar-refractivity contribution is 5.77. The van der Waals surface area contributed by atoms with Gasteiger partial charge in [-0.2, -0.15) is 0 Å². The Balaban J connectivity index is 3.83. The number of carbonyl (C=O) groups is 1. The lowest BCUT2D eigenvalue weighted by Gasteiger charge is -2.14. The van der Waals surface area contributed by atoms with Gasteiger partial charge in [0, 0.05) is 18.5 Å². The fraction of sp³-hybridized carbons (Fsp3) is 0.700. The summed E-state index contributed by atoms with van der Waals surface area (Å²) in [5.74, 6) is 4.78. The minimum absolute atomic E-state index is 0.104. The van der Waals surface area contributed by atoms with Gasteiger partial charge in [0.1, 0.15) is 0 Å². The van der Waals surface area contributed by atoms with E-state index in [0.29, 0.717) is 6.54 Å². The molecular weight excluding hydrogens is 178 g/mol. The highest BCUT2D eigenvalue weighted by atomic mass is 16.2. The van der Waals surface area contributed by atoms with Gasteiger partial charge in [0.2, 0.25) is 5.91 Å². The van der Waals surface area contributed by atoms with Crippen LogP contribution in [0.15, 0.2) is 11.6 Å². The van der Waals surface area contributed by atoms with Crippen LogP contribution in [-0.4, -0.2) is 18.5 Å². The SMILES string of the molecule is CC(C)=CC(C)NCC(C)C(=O)NN. The van der Waals surface area contributed by atoms with E-state index < -0.39 is 0 Å². The minimum Gasteiger partial charge on any atom is -0.310 e. The molecule has 1 amide bonds. The monoisotopic (exact) mass is 199 g/mol. The molecule has 0 aromatic heterocycles. The van der Waals surface area contributed by atoms with Crippen LogP contribution in [0.3, 0.4) is 0 Å². The molecule has 0 saturated heterocycles. The maximum atomic E-state index is 11.1. The summed E-state index contributed by atoms with van der Waals surface area (Å²) in [4.78, 5) is 11.1. The molecule has 4 nitrogen and oxygen atoms in total. The quantitative estimate of drug-likeness (QED) is 0.262. The van der Waals surface area contributed by atoms with Crippen molar-refractivity contribution in [2.75, 3.05) is 6.54 Å². The fourth-order valence-corrected chi connectivity index (χ4v) is 1.16. The number of hydrogen-bond acceptors (Lipinski definition) is 3. The van der Waals surface area contributed by atoms with Gasteiger partial charge in [-0.3, -0.25) is 10.2 Å². The van der Waals surface area contributed by atoms with Gasteiger partial charge >= 0.3 is 0 Å². The molecular formula is C10H21N3O. The largest absolute Gasteiger partial charge is 0.310 e. The molecule has 4 N–H and O–H groups in total. The summed E-state index contributed by atoms with van der Waals surface area (Å²) in [6.45, 7) is 8.63. The molecule has 2 unspecified atom stereocenters. The van der Waals surface area contributed by atoms with Gasteiger partial charge in [-0.25, -0.2) is 5.84 Å². The summed E-state index contributed by atoms with van der Waals surface area (Å²) in [7, 11) is 0. The molecule has 0 aliphatic rings. The van der Waals surface area contributed by atoms with Crippen molar-refractivity contribution in [3.8, 4) is 0 Å². The van der Waals surface area contributed by atoms with Crippen molar-refractivity contribution in [2.24, 2.45) is 11.8 Å². The lowest BCUT2D eigenvalue weighted by atomic mass is 10.1. The van der Waals surface area contributed by atoms with Gasteiger partial charge in [0.25, 0.3) is 0 Å². The molecule has 0 aromatic carbocycles. The maximum Gasteiger partial charge on any atom is 0.237 e. The van der Waals surface area contributed by atoms with Crippen molar-refractivity contribution in [2.45, 2.75) is 33.7 Å². The van der Waals surface area contributed by atoms with E-state index in [0.717, 1.165) is 0 Å². The Kier molecular flexibility index (Phi) is 6.16. The number of hydrazine groups is 1. The Labute approximate surface area is 85.9 Å². The summed E-state index contributed by atoms with van der Waals surface area (Å²) in [6, 6.07) is 0.285. The van der Waals surface area contributed by atoms with Crippen LogP contribution in [0, 0.1) is 5.92 Å². The van der Waals surface area contributed by atoms with Crippen molar-refractivity contribution in [1.82, 2.24) is 10.7 Å². The average Bonchev–Trinajstić information content (AvgIpc) is 2.11. The Morgan fingerprint density at radius 3 is 2.43 bits per heavy atom. The summed E-state index contributed by atoms with van der Waals surface area (Å²) in [5.41, 5.74) is 3.40. The number of allylic oxidation sites excluding steroid dienone is 1. The van der Waals surface area contributed by atoms with Crippen molar-refractivity contribution in [1.29, 1.82) is 0 Å². The van der Waals surface area contributed by atoms with E-state index in [1.54, 1.807) is 0 Å². The highest BCUT2D eigenvalue weighted by Crippen LogP contribution is 1.96. The second-order valence-corrected chi connectivity index (χ2v) is 3.85. The first-order valence-corrected chi connectivity index (χ1v) is 4.86. The number of nitrogens with one attached hydrogen (secondary N) is 2. The van der Waals surface area contributed by atoms with Gasteiger partial charge < -0.3 is 5.32 Å². The molecule has 0 aliphatic carbocycles. The lowest BCUT2D eigenvalue weighted by Crippen LogP contribution is -2.40. The van der Waals surface area contributed by atoms with Crippen LogP contribution in [0.5, 0.6) is 0 Å². The van der Waals surface area contributed by atoms with Crippen molar-refractivity contribution in [3.05, 3.63) is 11.6 Å². The van der Waals surface area contributed by atoms with Gasteiger partial charge in [-0.1, -0.05) is 18.6 Å². The van der Waals surface area contributed by atoms with Gasteiger partial charge in [-0.05, 0) is 20.8 Å². The molecule has 0 spiro atoms. The van der Waals surface area contributed by atoms with Crippen LogP contribution in [0.2, 0.25) is 0 Å². The maximum absolute atomic E-state index is 11.1. The van der Waals surface area contributed by atoms with Gasteiger partial charge in [0.05, 0.1) is 0 Å². The minimum atomic E-state index is -0.137. The van der Waals surface area contributed by atoms with Crippen LogP contribution < -0.4 is 16.6 Å². The van der Waals surface area contributed by atoms with Crippen molar-refractivity contribution < 1.29 is 4.79 Å². The molecule has 0 fully saturated rings. The van der Waals surface area contributed by atoms with E-state index in [1.807, 2.05) is 20.8 Å². The highest BCUT2D eigenvalue weighted by Gasteiger charge is 2.11. The zero-order valence-corrected chi connectivity index (χ0v) is 9.42. The van der Waals surface area contributed by atoms with E-state index in [9.17, 15) is 4.79 Å². The molecule has 0 aromatic rings. The van der Waals surface area contributed by atoms with Crippen LogP contribution in [-0.2, 0) is 4.79 Å². The molecule has 0 aliphatic heterocycles. The Morgan fingerprint density at radius 2 is 2.00 bits per heavy atom. The molecule has 2 atom stereocenters. The predicted molar refractivity (Wildman–Crippen MR) is 58.4 cm³/mol. The predicted octanol–water partition coefficient (Wildman–Crippen LogP) is 0.557.